The van der Waals surface area contributed by atoms with Crippen LogP contribution in [-0.4, -0.2) is 22.5 Å². The Balaban J connectivity index is 1.59. The third kappa shape index (κ3) is 3.15. The molecule has 3 heterocycles. The number of amides is 3. The summed E-state index contributed by atoms with van der Waals surface area (Å²) in [4.78, 5) is 30.5. The van der Waals surface area contributed by atoms with E-state index in [1.807, 2.05) is 45.9 Å². The molecule has 0 aliphatic carbocycles. The van der Waals surface area contributed by atoms with Gasteiger partial charge in [0.2, 0.25) is 5.88 Å². The second kappa shape index (κ2) is 6.56. The van der Waals surface area contributed by atoms with Crippen molar-refractivity contribution in [3.63, 3.8) is 0 Å². The Morgan fingerprint density at radius 1 is 1.24 bits per heavy atom. The first-order valence-corrected chi connectivity index (χ1v) is 9.73. The maximum absolute atomic E-state index is 12.7. The summed E-state index contributed by atoms with van der Waals surface area (Å²) in [5, 5.41) is 2.75. The lowest BCUT2D eigenvalue weighted by Gasteiger charge is -2.20. The van der Waals surface area contributed by atoms with Crippen LogP contribution >= 0.6 is 0 Å². The molecular weight excluding hydrogens is 370 g/mol. The van der Waals surface area contributed by atoms with Gasteiger partial charge in [0.1, 0.15) is 11.3 Å². The van der Waals surface area contributed by atoms with Crippen LogP contribution in [0.3, 0.4) is 0 Å². The Hall–Kier alpha value is -2.93. The highest BCUT2D eigenvalue weighted by molar-refractivity contribution is 6.23. The Labute approximate surface area is 170 Å². The summed E-state index contributed by atoms with van der Waals surface area (Å²) >= 11 is 0. The number of fused-ring (bicyclic) bond motifs is 1. The number of urea groups is 1. The molecule has 2 aliphatic rings. The molecule has 1 fully saturated rings. The van der Waals surface area contributed by atoms with Gasteiger partial charge in [-0.15, -0.1) is 0 Å². The summed E-state index contributed by atoms with van der Waals surface area (Å²) in [6, 6.07) is 7.17. The predicted molar refractivity (Wildman–Crippen MR) is 108 cm³/mol. The van der Waals surface area contributed by atoms with Crippen molar-refractivity contribution in [2.45, 2.75) is 58.8 Å². The number of hydrogen-bond donors (Lipinski definition) is 1. The standard InChI is InChI=1S/C22H25N3O4/c1-6-22(5)19(26)25(20(27)24-22)15-9-13(2)18(23-11-15)29-16-8-7-14-12-28-21(3,4)17(14)10-16/h7-11H,6,12H2,1-5H3,(H,24,27)/t22-/m1/s1. The normalized spacial score (nSPS) is 22.6. The third-order valence-corrected chi connectivity index (χ3v) is 5.78. The van der Waals surface area contributed by atoms with Crippen molar-refractivity contribution in [1.29, 1.82) is 0 Å². The van der Waals surface area contributed by atoms with Crippen LogP contribution in [0.15, 0.2) is 30.5 Å². The number of pyridine rings is 1. The van der Waals surface area contributed by atoms with Crippen LogP contribution in [0.4, 0.5) is 10.5 Å². The lowest BCUT2D eigenvalue weighted by Crippen LogP contribution is -2.43. The molecule has 29 heavy (non-hydrogen) atoms. The number of imide groups is 1. The van der Waals surface area contributed by atoms with Crippen LogP contribution < -0.4 is 15.0 Å². The molecule has 1 N–H and O–H groups in total. The topological polar surface area (TPSA) is 80.8 Å². The molecule has 3 amide bonds. The predicted octanol–water partition coefficient (Wildman–Crippen LogP) is 4.17. The molecule has 1 aromatic heterocycles. The molecule has 2 aromatic rings. The lowest BCUT2D eigenvalue weighted by molar-refractivity contribution is -0.121. The number of aromatic nitrogens is 1. The largest absolute Gasteiger partial charge is 0.439 e. The van der Waals surface area contributed by atoms with Gasteiger partial charge in [0.15, 0.2) is 0 Å². The van der Waals surface area contributed by atoms with E-state index in [0.29, 0.717) is 30.3 Å². The van der Waals surface area contributed by atoms with Crippen LogP contribution in [0.5, 0.6) is 11.6 Å². The van der Waals surface area contributed by atoms with Crippen LogP contribution in [0.2, 0.25) is 0 Å². The maximum Gasteiger partial charge on any atom is 0.329 e. The van der Waals surface area contributed by atoms with E-state index < -0.39 is 11.6 Å². The van der Waals surface area contributed by atoms with Crippen LogP contribution in [0.1, 0.15) is 50.8 Å². The Kier molecular flexibility index (Phi) is 4.38. The van der Waals surface area contributed by atoms with Gasteiger partial charge in [0.05, 0.1) is 24.1 Å². The molecule has 152 valence electrons. The minimum absolute atomic E-state index is 0.277. The summed E-state index contributed by atoms with van der Waals surface area (Å²) in [6.45, 7) is 10.1. The second-order valence-corrected chi connectivity index (χ2v) is 8.29. The zero-order chi connectivity index (χ0) is 21.0. The van der Waals surface area contributed by atoms with Crippen molar-refractivity contribution in [3.05, 3.63) is 47.2 Å². The van der Waals surface area contributed by atoms with Gasteiger partial charge in [0.25, 0.3) is 5.91 Å². The molecular formula is C22H25N3O4. The fourth-order valence-corrected chi connectivity index (χ4v) is 3.69. The molecule has 1 atom stereocenters. The van der Waals surface area contributed by atoms with E-state index in [9.17, 15) is 9.59 Å². The fourth-order valence-electron chi connectivity index (χ4n) is 3.69. The Morgan fingerprint density at radius 3 is 2.66 bits per heavy atom. The zero-order valence-corrected chi connectivity index (χ0v) is 17.3. The summed E-state index contributed by atoms with van der Waals surface area (Å²) in [7, 11) is 0. The molecule has 4 rings (SSSR count). The van der Waals surface area contributed by atoms with E-state index >= 15 is 0 Å². The number of aryl methyl sites for hydroxylation is 1. The first-order chi connectivity index (χ1) is 13.6. The van der Waals surface area contributed by atoms with Gasteiger partial charge in [-0.2, -0.15) is 0 Å². The third-order valence-electron chi connectivity index (χ3n) is 5.78. The van der Waals surface area contributed by atoms with Crippen molar-refractivity contribution >= 4 is 17.6 Å². The molecule has 2 aliphatic heterocycles. The van der Waals surface area contributed by atoms with E-state index in [4.69, 9.17) is 9.47 Å². The lowest BCUT2D eigenvalue weighted by atomic mass is 9.96. The number of ether oxygens (including phenoxy) is 2. The molecule has 0 saturated carbocycles. The highest BCUT2D eigenvalue weighted by Crippen LogP contribution is 2.39. The Bertz CT molecular complexity index is 1020. The zero-order valence-electron chi connectivity index (χ0n) is 17.3. The van der Waals surface area contributed by atoms with E-state index in [-0.39, 0.29) is 11.5 Å². The molecule has 0 bridgehead atoms. The van der Waals surface area contributed by atoms with Gasteiger partial charge in [-0.1, -0.05) is 13.0 Å². The average molecular weight is 395 g/mol. The number of carbonyl (C=O) groups is 2. The van der Waals surface area contributed by atoms with Crippen LogP contribution in [-0.2, 0) is 21.7 Å². The van der Waals surface area contributed by atoms with Crippen LogP contribution in [0, 0.1) is 6.92 Å². The SMILES string of the molecule is CC[C@@]1(C)NC(=O)N(c2cnc(Oc3ccc4c(c3)C(C)(C)OC4)c(C)c2)C1=O. The number of nitrogens with zero attached hydrogens (tertiary/aromatic N) is 2. The highest BCUT2D eigenvalue weighted by atomic mass is 16.5. The first-order valence-electron chi connectivity index (χ1n) is 9.73. The average Bonchev–Trinajstić information content (AvgIpc) is 3.10. The van der Waals surface area contributed by atoms with Crippen molar-refractivity contribution in [3.8, 4) is 11.6 Å². The maximum atomic E-state index is 12.7. The van der Waals surface area contributed by atoms with Gasteiger partial charge >= 0.3 is 6.03 Å². The summed E-state index contributed by atoms with van der Waals surface area (Å²) in [6.07, 6.45) is 2.00. The number of anilines is 1. The summed E-state index contributed by atoms with van der Waals surface area (Å²) in [5.41, 5.74) is 2.17. The molecule has 7 heteroatoms. The number of benzene rings is 1. The minimum Gasteiger partial charge on any atom is -0.439 e. The number of nitrogens with one attached hydrogen (secondary N) is 1. The van der Waals surface area contributed by atoms with E-state index in [0.717, 1.165) is 21.6 Å². The highest BCUT2D eigenvalue weighted by Gasteiger charge is 2.47. The van der Waals surface area contributed by atoms with Crippen molar-refractivity contribution in [1.82, 2.24) is 10.3 Å². The van der Waals surface area contributed by atoms with E-state index in [1.165, 1.54) is 6.20 Å². The van der Waals surface area contributed by atoms with Crippen molar-refractivity contribution < 1.29 is 19.1 Å². The second-order valence-electron chi connectivity index (χ2n) is 8.29. The fraction of sp³-hybridized carbons (Fsp3) is 0.409. The van der Waals surface area contributed by atoms with Crippen molar-refractivity contribution in [2.75, 3.05) is 4.90 Å². The van der Waals surface area contributed by atoms with Gasteiger partial charge in [-0.3, -0.25) is 4.79 Å². The molecule has 1 aromatic carbocycles. The number of rotatable bonds is 4. The smallest absolute Gasteiger partial charge is 0.329 e. The molecule has 0 spiro atoms. The van der Waals surface area contributed by atoms with Gasteiger partial charge < -0.3 is 14.8 Å². The summed E-state index contributed by atoms with van der Waals surface area (Å²) < 4.78 is 11.8. The molecule has 7 nitrogen and oxygen atoms in total. The minimum atomic E-state index is -0.889. The monoisotopic (exact) mass is 395 g/mol. The molecule has 0 unspecified atom stereocenters. The van der Waals surface area contributed by atoms with Crippen molar-refractivity contribution in [2.24, 2.45) is 0 Å². The number of hydrogen-bond acceptors (Lipinski definition) is 5. The van der Waals surface area contributed by atoms with E-state index in [1.54, 1.807) is 13.0 Å². The van der Waals surface area contributed by atoms with Crippen LogP contribution in [0.25, 0.3) is 0 Å². The molecule has 0 radical (unpaired) electrons. The number of carbonyl (C=O) groups excluding carboxylic acids is 2. The quantitative estimate of drug-likeness (QED) is 0.786. The van der Waals surface area contributed by atoms with Gasteiger partial charge in [-0.05, 0) is 63.4 Å². The summed E-state index contributed by atoms with van der Waals surface area (Å²) in [5.74, 6) is 0.815. The first kappa shape index (κ1) is 19.4. The van der Waals surface area contributed by atoms with E-state index in [2.05, 4.69) is 10.3 Å². The van der Waals surface area contributed by atoms with Gasteiger partial charge in [0, 0.05) is 5.56 Å². The Morgan fingerprint density at radius 2 is 2.00 bits per heavy atom. The van der Waals surface area contributed by atoms with Gasteiger partial charge in [-0.25, -0.2) is 14.7 Å². The molecule has 1 saturated heterocycles.